The maximum absolute atomic E-state index is 11.2. The molecule has 1 aromatic carbocycles. The van der Waals surface area contributed by atoms with Crippen LogP contribution in [0.3, 0.4) is 0 Å². The molecular weight excluding hydrogens is 286 g/mol. The molecular formula is C15H19N3O2S. The van der Waals surface area contributed by atoms with Gasteiger partial charge in [0.2, 0.25) is 5.91 Å². The van der Waals surface area contributed by atoms with Crippen molar-refractivity contribution in [3.8, 4) is 5.75 Å². The molecule has 0 saturated heterocycles. The number of carbonyl (C=O) groups is 1. The van der Waals surface area contributed by atoms with Crippen molar-refractivity contribution in [1.82, 2.24) is 4.98 Å². The standard InChI is InChI=1S/C15H19N3O2S/c1-9(14-8-21-11(3)18-14)16-13-7-12(17-10(2)19)5-6-15(13)20-4/h5-9,16H,1-4H3,(H,17,19). The van der Waals surface area contributed by atoms with Crippen LogP contribution in [0.15, 0.2) is 23.6 Å². The van der Waals surface area contributed by atoms with Gasteiger partial charge in [-0.1, -0.05) is 0 Å². The molecule has 0 spiro atoms. The molecule has 0 aliphatic rings. The van der Waals surface area contributed by atoms with Gasteiger partial charge in [-0.15, -0.1) is 11.3 Å². The molecule has 0 saturated carbocycles. The van der Waals surface area contributed by atoms with Crippen LogP contribution in [-0.4, -0.2) is 18.0 Å². The summed E-state index contributed by atoms with van der Waals surface area (Å²) in [5.74, 6) is 0.622. The van der Waals surface area contributed by atoms with E-state index < -0.39 is 0 Å². The van der Waals surface area contributed by atoms with Gasteiger partial charge < -0.3 is 15.4 Å². The first-order chi connectivity index (χ1) is 9.99. The summed E-state index contributed by atoms with van der Waals surface area (Å²) in [5, 5.41) is 9.22. The van der Waals surface area contributed by atoms with Gasteiger partial charge in [0, 0.05) is 18.0 Å². The molecule has 0 bridgehead atoms. The van der Waals surface area contributed by atoms with Crippen molar-refractivity contribution in [2.45, 2.75) is 26.8 Å². The van der Waals surface area contributed by atoms with E-state index in [1.807, 2.05) is 37.4 Å². The first-order valence-electron chi connectivity index (χ1n) is 6.63. The van der Waals surface area contributed by atoms with Crippen molar-refractivity contribution in [2.75, 3.05) is 17.7 Å². The van der Waals surface area contributed by atoms with E-state index in [4.69, 9.17) is 4.74 Å². The largest absolute Gasteiger partial charge is 0.495 e. The molecule has 112 valence electrons. The average Bonchev–Trinajstić information content (AvgIpc) is 2.85. The van der Waals surface area contributed by atoms with Gasteiger partial charge in [0.25, 0.3) is 0 Å². The zero-order chi connectivity index (χ0) is 15.4. The Hall–Kier alpha value is -2.08. The monoisotopic (exact) mass is 305 g/mol. The van der Waals surface area contributed by atoms with Crippen LogP contribution in [0.1, 0.15) is 30.6 Å². The Morgan fingerprint density at radius 2 is 2.19 bits per heavy atom. The summed E-state index contributed by atoms with van der Waals surface area (Å²) in [6.45, 7) is 5.51. The van der Waals surface area contributed by atoms with Crippen LogP contribution < -0.4 is 15.4 Å². The Kier molecular flexibility index (Phi) is 4.80. The topological polar surface area (TPSA) is 63.2 Å². The van der Waals surface area contributed by atoms with Crippen molar-refractivity contribution in [3.05, 3.63) is 34.3 Å². The number of thiazole rings is 1. The highest BCUT2D eigenvalue weighted by Crippen LogP contribution is 2.31. The van der Waals surface area contributed by atoms with Crippen LogP contribution in [0.25, 0.3) is 0 Å². The molecule has 2 N–H and O–H groups in total. The molecule has 1 heterocycles. The first kappa shape index (κ1) is 15.3. The summed E-state index contributed by atoms with van der Waals surface area (Å²) < 4.78 is 5.35. The Bertz CT molecular complexity index is 640. The predicted molar refractivity (Wildman–Crippen MR) is 86.2 cm³/mol. The van der Waals surface area contributed by atoms with Gasteiger partial charge in [0.15, 0.2) is 0 Å². The second kappa shape index (κ2) is 6.58. The quantitative estimate of drug-likeness (QED) is 0.886. The van der Waals surface area contributed by atoms with Crippen molar-refractivity contribution >= 4 is 28.6 Å². The van der Waals surface area contributed by atoms with Crippen molar-refractivity contribution < 1.29 is 9.53 Å². The maximum Gasteiger partial charge on any atom is 0.221 e. The van der Waals surface area contributed by atoms with E-state index in [0.29, 0.717) is 0 Å². The van der Waals surface area contributed by atoms with E-state index in [9.17, 15) is 4.79 Å². The minimum Gasteiger partial charge on any atom is -0.495 e. The number of hydrogen-bond donors (Lipinski definition) is 2. The van der Waals surface area contributed by atoms with Crippen molar-refractivity contribution in [3.63, 3.8) is 0 Å². The van der Waals surface area contributed by atoms with Crippen LogP contribution >= 0.6 is 11.3 Å². The summed E-state index contributed by atoms with van der Waals surface area (Å²) in [4.78, 5) is 15.6. The number of ether oxygens (including phenoxy) is 1. The van der Waals surface area contributed by atoms with Gasteiger partial charge in [-0.3, -0.25) is 4.79 Å². The molecule has 5 nitrogen and oxygen atoms in total. The van der Waals surface area contributed by atoms with E-state index >= 15 is 0 Å². The Labute approximate surface area is 128 Å². The van der Waals surface area contributed by atoms with Crippen molar-refractivity contribution in [1.29, 1.82) is 0 Å². The molecule has 1 atom stereocenters. The minimum absolute atomic E-state index is 0.0522. The Morgan fingerprint density at radius 1 is 1.43 bits per heavy atom. The number of carbonyl (C=O) groups excluding carboxylic acids is 1. The molecule has 0 radical (unpaired) electrons. The molecule has 6 heteroatoms. The van der Waals surface area contributed by atoms with Crippen LogP contribution in [0, 0.1) is 6.92 Å². The third kappa shape index (κ3) is 3.95. The second-order valence-corrected chi connectivity index (χ2v) is 5.82. The van der Waals surface area contributed by atoms with Crippen LogP contribution in [0.4, 0.5) is 11.4 Å². The molecule has 0 fully saturated rings. The number of aromatic nitrogens is 1. The van der Waals surface area contributed by atoms with E-state index in [1.165, 1.54) is 6.92 Å². The summed E-state index contributed by atoms with van der Waals surface area (Å²) in [5.41, 5.74) is 2.54. The summed E-state index contributed by atoms with van der Waals surface area (Å²) in [6, 6.07) is 5.54. The highest BCUT2D eigenvalue weighted by molar-refractivity contribution is 7.09. The van der Waals surface area contributed by atoms with Crippen LogP contribution in [-0.2, 0) is 4.79 Å². The van der Waals surface area contributed by atoms with Crippen LogP contribution in [0.2, 0.25) is 0 Å². The van der Waals surface area contributed by atoms with Gasteiger partial charge in [-0.25, -0.2) is 4.98 Å². The lowest BCUT2D eigenvalue weighted by Crippen LogP contribution is -2.10. The maximum atomic E-state index is 11.2. The zero-order valence-electron chi connectivity index (χ0n) is 12.6. The highest BCUT2D eigenvalue weighted by Gasteiger charge is 2.12. The number of methoxy groups -OCH3 is 1. The number of anilines is 2. The van der Waals surface area contributed by atoms with Crippen molar-refractivity contribution in [2.24, 2.45) is 0 Å². The number of amides is 1. The zero-order valence-corrected chi connectivity index (χ0v) is 13.4. The molecule has 1 aromatic heterocycles. The number of nitrogens with zero attached hydrogens (tertiary/aromatic N) is 1. The fraction of sp³-hybridized carbons (Fsp3) is 0.333. The fourth-order valence-corrected chi connectivity index (χ4v) is 2.69. The van der Waals surface area contributed by atoms with Gasteiger partial charge >= 0.3 is 0 Å². The molecule has 0 aliphatic heterocycles. The predicted octanol–water partition coefficient (Wildman–Crippen LogP) is 3.59. The normalized spacial score (nSPS) is 11.8. The van der Waals surface area contributed by atoms with Gasteiger partial charge in [-0.2, -0.15) is 0 Å². The lowest BCUT2D eigenvalue weighted by Gasteiger charge is -2.17. The summed E-state index contributed by atoms with van der Waals surface area (Å²) in [7, 11) is 1.62. The fourth-order valence-electron chi connectivity index (χ4n) is 1.99. The van der Waals surface area contributed by atoms with Gasteiger partial charge in [0.05, 0.1) is 29.5 Å². The van der Waals surface area contributed by atoms with Gasteiger partial charge in [-0.05, 0) is 32.0 Å². The molecule has 0 aliphatic carbocycles. The Morgan fingerprint density at radius 3 is 2.76 bits per heavy atom. The lowest BCUT2D eigenvalue weighted by molar-refractivity contribution is -0.114. The molecule has 21 heavy (non-hydrogen) atoms. The summed E-state index contributed by atoms with van der Waals surface area (Å²) >= 11 is 1.63. The number of hydrogen-bond acceptors (Lipinski definition) is 5. The van der Waals surface area contributed by atoms with E-state index in [2.05, 4.69) is 15.6 Å². The number of rotatable bonds is 5. The molecule has 2 aromatic rings. The van der Waals surface area contributed by atoms with Gasteiger partial charge in [0.1, 0.15) is 5.75 Å². The smallest absolute Gasteiger partial charge is 0.221 e. The van der Waals surface area contributed by atoms with Crippen LogP contribution in [0.5, 0.6) is 5.75 Å². The number of nitrogens with one attached hydrogen (secondary N) is 2. The molecule has 1 amide bonds. The molecule has 1 unspecified atom stereocenters. The average molecular weight is 305 g/mol. The molecule has 2 rings (SSSR count). The second-order valence-electron chi connectivity index (χ2n) is 4.75. The SMILES string of the molecule is COc1ccc(NC(C)=O)cc1NC(C)c1csc(C)n1. The summed E-state index contributed by atoms with van der Waals surface area (Å²) in [6.07, 6.45) is 0. The van der Waals surface area contributed by atoms with E-state index in [1.54, 1.807) is 18.4 Å². The lowest BCUT2D eigenvalue weighted by atomic mass is 10.2. The van der Waals surface area contributed by atoms with E-state index in [0.717, 1.165) is 27.8 Å². The van der Waals surface area contributed by atoms with E-state index in [-0.39, 0.29) is 11.9 Å². The number of aryl methyl sites for hydroxylation is 1. The highest BCUT2D eigenvalue weighted by atomic mass is 32.1. The third-order valence-corrected chi connectivity index (χ3v) is 3.76. The first-order valence-corrected chi connectivity index (χ1v) is 7.51. The Balaban J connectivity index is 2.22. The third-order valence-electron chi connectivity index (χ3n) is 2.97. The minimum atomic E-state index is -0.103. The number of benzene rings is 1.